The second kappa shape index (κ2) is 12.1. The van der Waals surface area contributed by atoms with Gasteiger partial charge in [0.2, 0.25) is 11.8 Å². The number of aryl methyl sites for hydroxylation is 1. The molecule has 7 heteroatoms. The van der Waals surface area contributed by atoms with Crippen LogP contribution in [0.1, 0.15) is 29.5 Å². The van der Waals surface area contributed by atoms with Gasteiger partial charge in [-0.05, 0) is 56.0 Å². The fourth-order valence-electron chi connectivity index (χ4n) is 3.63. The number of benzene rings is 2. The summed E-state index contributed by atoms with van der Waals surface area (Å²) in [5, 5.41) is 6.78. The van der Waals surface area contributed by atoms with Crippen molar-refractivity contribution in [3.05, 3.63) is 77.5 Å². The quantitative estimate of drug-likeness (QED) is 0.358. The zero-order valence-electron chi connectivity index (χ0n) is 19.1. The summed E-state index contributed by atoms with van der Waals surface area (Å²) in [5.74, 6) is -0.592. The lowest BCUT2D eigenvalue weighted by Gasteiger charge is -2.21. The first-order valence-corrected chi connectivity index (χ1v) is 11.4. The molecular weight excluding hydrogens is 414 g/mol. The van der Waals surface area contributed by atoms with Gasteiger partial charge in [-0.3, -0.25) is 14.6 Å². The molecule has 0 saturated heterocycles. The number of para-hydroxylation sites is 1. The minimum Gasteiger partial charge on any atom is -0.354 e. The van der Waals surface area contributed by atoms with Crippen molar-refractivity contribution in [3.8, 4) is 0 Å². The molecule has 0 aliphatic carbocycles. The van der Waals surface area contributed by atoms with Crippen LogP contribution >= 0.6 is 0 Å². The lowest BCUT2D eigenvalue weighted by molar-refractivity contribution is -0.129. The SMILES string of the molecule is Cc1ccc(CCNC(=O)[C@H](Cc2cnc3ccccc3c2)NC(=O)[C@H](N)CCCN)cc1. The molecule has 0 fully saturated rings. The molecule has 6 N–H and O–H groups in total. The van der Waals surface area contributed by atoms with Gasteiger partial charge in [-0.2, -0.15) is 0 Å². The van der Waals surface area contributed by atoms with Crippen LogP contribution in [0.3, 0.4) is 0 Å². The minimum absolute atomic E-state index is 0.241. The van der Waals surface area contributed by atoms with Crippen molar-refractivity contribution in [3.63, 3.8) is 0 Å². The Morgan fingerprint density at radius 3 is 2.55 bits per heavy atom. The Balaban J connectivity index is 1.68. The lowest BCUT2D eigenvalue weighted by Crippen LogP contribution is -2.52. The number of carbonyl (C=O) groups is 2. The highest BCUT2D eigenvalue weighted by Gasteiger charge is 2.24. The summed E-state index contributed by atoms with van der Waals surface area (Å²) in [4.78, 5) is 30.1. The molecule has 0 aliphatic rings. The van der Waals surface area contributed by atoms with Crippen LogP contribution in [0.5, 0.6) is 0 Å². The van der Waals surface area contributed by atoms with E-state index in [0.717, 1.165) is 22.0 Å². The number of nitrogens with two attached hydrogens (primary N) is 2. The molecule has 3 rings (SSSR count). The number of hydrogen-bond donors (Lipinski definition) is 4. The average Bonchev–Trinajstić information content (AvgIpc) is 2.83. The number of pyridine rings is 1. The van der Waals surface area contributed by atoms with Gasteiger partial charge in [0.05, 0.1) is 11.6 Å². The number of aromatic nitrogens is 1. The molecule has 174 valence electrons. The zero-order valence-corrected chi connectivity index (χ0v) is 19.1. The van der Waals surface area contributed by atoms with Gasteiger partial charge in [-0.1, -0.05) is 48.0 Å². The third-order valence-electron chi connectivity index (χ3n) is 5.61. The Bertz CT molecular complexity index is 1070. The molecule has 3 aromatic rings. The third kappa shape index (κ3) is 7.37. The van der Waals surface area contributed by atoms with Crippen LogP contribution in [0.15, 0.2) is 60.8 Å². The van der Waals surface area contributed by atoms with Crippen LogP contribution in [0.2, 0.25) is 0 Å². The number of carbonyl (C=O) groups excluding carboxylic acids is 2. The van der Waals surface area contributed by atoms with Crippen molar-refractivity contribution < 1.29 is 9.59 Å². The van der Waals surface area contributed by atoms with Gasteiger partial charge in [0.15, 0.2) is 0 Å². The molecule has 0 unspecified atom stereocenters. The summed E-state index contributed by atoms with van der Waals surface area (Å²) >= 11 is 0. The van der Waals surface area contributed by atoms with Gasteiger partial charge in [-0.25, -0.2) is 0 Å². The van der Waals surface area contributed by atoms with E-state index >= 15 is 0 Å². The van der Waals surface area contributed by atoms with Crippen molar-refractivity contribution in [2.75, 3.05) is 13.1 Å². The summed E-state index contributed by atoms with van der Waals surface area (Å²) in [6, 6.07) is 16.5. The summed E-state index contributed by atoms with van der Waals surface area (Å²) in [6.07, 6.45) is 3.90. The van der Waals surface area contributed by atoms with Crippen LogP contribution < -0.4 is 22.1 Å². The molecule has 1 aromatic heterocycles. The summed E-state index contributed by atoms with van der Waals surface area (Å²) in [6.45, 7) is 2.98. The lowest BCUT2D eigenvalue weighted by atomic mass is 10.0. The second-order valence-corrected chi connectivity index (χ2v) is 8.37. The second-order valence-electron chi connectivity index (χ2n) is 8.37. The summed E-state index contributed by atoms with van der Waals surface area (Å²) < 4.78 is 0. The van der Waals surface area contributed by atoms with E-state index in [1.165, 1.54) is 5.56 Å². The maximum absolute atomic E-state index is 13.0. The highest BCUT2D eigenvalue weighted by atomic mass is 16.2. The van der Waals surface area contributed by atoms with E-state index in [1.54, 1.807) is 6.20 Å². The molecular formula is C26H33N5O2. The Morgan fingerprint density at radius 1 is 1.03 bits per heavy atom. The molecule has 0 aliphatic heterocycles. The number of amides is 2. The van der Waals surface area contributed by atoms with Gasteiger partial charge in [0.25, 0.3) is 0 Å². The Labute approximate surface area is 195 Å². The van der Waals surface area contributed by atoms with Crippen molar-refractivity contribution in [1.82, 2.24) is 15.6 Å². The normalized spacial score (nSPS) is 12.8. The zero-order chi connectivity index (χ0) is 23.6. The van der Waals surface area contributed by atoms with E-state index in [0.29, 0.717) is 38.8 Å². The first kappa shape index (κ1) is 24.4. The van der Waals surface area contributed by atoms with Crippen LogP contribution in [-0.2, 0) is 22.4 Å². The van der Waals surface area contributed by atoms with Crippen LogP contribution in [0, 0.1) is 6.92 Å². The van der Waals surface area contributed by atoms with Crippen LogP contribution in [-0.4, -0.2) is 42.0 Å². The number of rotatable bonds is 11. The monoisotopic (exact) mass is 447 g/mol. The largest absolute Gasteiger partial charge is 0.354 e. The predicted molar refractivity (Wildman–Crippen MR) is 132 cm³/mol. The fourth-order valence-corrected chi connectivity index (χ4v) is 3.63. The van der Waals surface area contributed by atoms with Crippen molar-refractivity contribution in [2.24, 2.45) is 11.5 Å². The van der Waals surface area contributed by atoms with Crippen LogP contribution in [0.25, 0.3) is 10.9 Å². The number of hydrogen-bond acceptors (Lipinski definition) is 5. The van der Waals surface area contributed by atoms with Gasteiger partial charge >= 0.3 is 0 Å². The standard InChI is InChI=1S/C26H33N5O2/c1-18-8-10-19(11-9-18)12-14-29-26(33)24(31-25(32)22(28)6-4-13-27)16-20-15-21-5-2-3-7-23(21)30-17-20/h2-3,5,7-11,15,17,22,24H,4,6,12-14,16,27-28H2,1H3,(H,29,33)(H,31,32)/t22-,24+/m1/s1. The smallest absolute Gasteiger partial charge is 0.242 e. The van der Waals surface area contributed by atoms with Gasteiger partial charge in [-0.15, -0.1) is 0 Å². The first-order chi connectivity index (χ1) is 16.0. The van der Waals surface area contributed by atoms with E-state index in [9.17, 15) is 9.59 Å². The molecule has 2 amide bonds. The third-order valence-corrected chi connectivity index (χ3v) is 5.61. The maximum Gasteiger partial charge on any atom is 0.242 e. The maximum atomic E-state index is 13.0. The Kier molecular flexibility index (Phi) is 8.92. The first-order valence-electron chi connectivity index (χ1n) is 11.4. The Morgan fingerprint density at radius 2 is 1.79 bits per heavy atom. The number of fused-ring (bicyclic) bond motifs is 1. The topological polar surface area (TPSA) is 123 Å². The molecule has 33 heavy (non-hydrogen) atoms. The molecule has 0 saturated carbocycles. The molecule has 2 atom stereocenters. The summed E-state index contributed by atoms with van der Waals surface area (Å²) in [5.41, 5.74) is 15.6. The molecule has 7 nitrogen and oxygen atoms in total. The predicted octanol–water partition coefficient (Wildman–Crippen LogP) is 2.00. The van der Waals surface area contributed by atoms with Crippen LogP contribution in [0.4, 0.5) is 0 Å². The van der Waals surface area contributed by atoms with E-state index < -0.39 is 12.1 Å². The number of nitrogens with one attached hydrogen (secondary N) is 2. The summed E-state index contributed by atoms with van der Waals surface area (Å²) in [7, 11) is 0. The van der Waals surface area contributed by atoms with Crippen molar-refractivity contribution in [2.45, 2.75) is 44.7 Å². The van der Waals surface area contributed by atoms with Crippen molar-refractivity contribution >= 4 is 22.7 Å². The van der Waals surface area contributed by atoms with Gasteiger partial charge < -0.3 is 22.1 Å². The van der Waals surface area contributed by atoms with Gasteiger partial charge in [0.1, 0.15) is 6.04 Å². The van der Waals surface area contributed by atoms with Crippen molar-refractivity contribution in [1.29, 1.82) is 0 Å². The highest BCUT2D eigenvalue weighted by Crippen LogP contribution is 2.14. The Hall–Kier alpha value is -3.29. The highest BCUT2D eigenvalue weighted by molar-refractivity contribution is 5.90. The molecule has 0 radical (unpaired) electrons. The minimum atomic E-state index is -0.748. The molecule has 2 aromatic carbocycles. The van der Waals surface area contributed by atoms with E-state index in [-0.39, 0.29) is 11.8 Å². The van der Waals surface area contributed by atoms with E-state index in [1.807, 2.05) is 37.3 Å². The molecule has 1 heterocycles. The number of nitrogens with zero attached hydrogens (tertiary/aromatic N) is 1. The fraction of sp³-hybridized carbons (Fsp3) is 0.346. The molecule has 0 bridgehead atoms. The average molecular weight is 448 g/mol. The molecule has 0 spiro atoms. The van der Waals surface area contributed by atoms with E-state index in [2.05, 4.69) is 39.9 Å². The van der Waals surface area contributed by atoms with E-state index in [4.69, 9.17) is 11.5 Å². The van der Waals surface area contributed by atoms with Gasteiger partial charge in [0, 0.05) is 24.5 Å².